The van der Waals surface area contributed by atoms with Crippen LogP contribution in [0.5, 0.6) is 0 Å². The predicted octanol–water partition coefficient (Wildman–Crippen LogP) is 4.77. The van der Waals surface area contributed by atoms with Gasteiger partial charge in [-0.2, -0.15) is 0 Å². The van der Waals surface area contributed by atoms with Crippen molar-refractivity contribution < 1.29 is 9.90 Å². The van der Waals surface area contributed by atoms with Gasteiger partial charge < -0.3 is 20.2 Å². The van der Waals surface area contributed by atoms with E-state index >= 15 is 0 Å². The maximum atomic E-state index is 13.0. The van der Waals surface area contributed by atoms with Gasteiger partial charge in [-0.1, -0.05) is 44.1 Å². The molecule has 5 nitrogen and oxygen atoms in total. The Morgan fingerprint density at radius 1 is 1.33 bits per heavy atom. The maximum Gasteiger partial charge on any atom is 0.251 e. The van der Waals surface area contributed by atoms with Crippen molar-refractivity contribution in [3.63, 3.8) is 0 Å². The molecule has 5 heteroatoms. The average Bonchev–Trinajstić information content (AvgIpc) is 3.54. The first-order valence-electron chi connectivity index (χ1n) is 12.9. The van der Waals surface area contributed by atoms with Gasteiger partial charge in [0.25, 0.3) is 5.91 Å². The summed E-state index contributed by atoms with van der Waals surface area (Å²) < 4.78 is 0. The molecule has 3 atom stereocenters. The molecule has 2 fully saturated rings. The lowest BCUT2D eigenvalue weighted by molar-refractivity contribution is -0.117. The summed E-state index contributed by atoms with van der Waals surface area (Å²) in [4.78, 5) is 17.9. The smallest absolute Gasteiger partial charge is 0.251 e. The third-order valence-corrected chi connectivity index (χ3v) is 7.43. The van der Waals surface area contributed by atoms with E-state index in [0.29, 0.717) is 12.1 Å². The molecule has 2 aliphatic carbocycles. The van der Waals surface area contributed by atoms with Crippen molar-refractivity contribution in [1.29, 1.82) is 0 Å². The number of piperidine rings is 1. The van der Waals surface area contributed by atoms with Gasteiger partial charge >= 0.3 is 0 Å². The summed E-state index contributed by atoms with van der Waals surface area (Å²) in [6.45, 7) is 15.5. The van der Waals surface area contributed by atoms with E-state index in [1.807, 2.05) is 32.2 Å². The second kappa shape index (κ2) is 11.1. The summed E-state index contributed by atoms with van der Waals surface area (Å²) in [6.07, 6.45) is 15.6. The highest BCUT2D eigenvalue weighted by Crippen LogP contribution is 2.40. The minimum absolute atomic E-state index is 0.00339. The van der Waals surface area contributed by atoms with E-state index in [9.17, 15) is 9.90 Å². The van der Waals surface area contributed by atoms with Crippen LogP contribution in [0.3, 0.4) is 0 Å². The molecule has 1 aliphatic heterocycles. The molecule has 33 heavy (non-hydrogen) atoms. The highest BCUT2D eigenvalue weighted by Gasteiger charge is 2.40. The second-order valence-corrected chi connectivity index (χ2v) is 11.0. The fraction of sp³-hybridized carbons (Fsp3) is 0.679. The summed E-state index contributed by atoms with van der Waals surface area (Å²) in [5.74, 6) is 0.888. The van der Waals surface area contributed by atoms with Crippen LogP contribution in [0.25, 0.3) is 0 Å². The number of rotatable bonds is 9. The van der Waals surface area contributed by atoms with Gasteiger partial charge in [0.1, 0.15) is 0 Å². The Morgan fingerprint density at radius 2 is 2.03 bits per heavy atom. The van der Waals surface area contributed by atoms with Crippen LogP contribution in [0, 0.1) is 11.8 Å². The van der Waals surface area contributed by atoms with Crippen LogP contribution in [0.15, 0.2) is 47.3 Å². The zero-order chi connectivity index (χ0) is 24.2. The van der Waals surface area contributed by atoms with Crippen LogP contribution < -0.4 is 5.32 Å². The van der Waals surface area contributed by atoms with Crippen LogP contribution in [-0.2, 0) is 4.79 Å². The van der Waals surface area contributed by atoms with Crippen LogP contribution in [0.4, 0.5) is 0 Å². The molecule has 0 aromatic heterocycles. The van der Waals surface area contributed by atoms with Gasteiger partial charge in [-0.15, -0.1) is 0 Å². The molecular weight excluding hydrogens is 410 g/mol. The minimum Gasteiger partial charge on any atom is -0.390 e. The molecule has 184 valence electrons. The van der Waals surface area contributed by atoms with E-state index in [2.05, 4.69) is 55.1 Å². The molecule has 1 saturated heterocycles. The van der Waals surface area contributed by atoms with Gasteiger partial charge in [0, 0.05) is 55.6 Å². The Labute approximate surface area is 201 Å². The first-order chi connectivity index (χ1) is 15.6. The molecule has 1 heterocycles. The van der Waals surface area contributed by atoms with Crippen LogP contribution >= 0.6 is 0 Å². The molecule has 0 aromatic carbocycles. The number of carbonyl (C=O) groups excluding carboxylic acids is 1. The highest BCUT2D eigenvalue weighted by atomic mass is 16.3. The van der Waals surface area contributed by atoms with E-state index in [1.54, 1.807) is 0 Å². The Balaban J connectivity index is 1.54. The SMILES string of the molecule is CCC1CC1N(/C=C1/C=CC=C(C(=O)NC=C2CCN(CCC(C)(C)O)CC2)C1C)C(C)C. The highest BCUT2D eigenvalue weighted by molar-refractivity contribution is 5.96. The standard InChI is InChI=1S/C28H45N3O2/c1-7-23-17-26(23)31(20(2)3)19-24-9-8-10-25(21(24)4)27(32)29-18-22-11-14-30(15-12-22)16-13-28(5,6)33/h8-10,18-21,23,26,33H,7,11-17H2,1-6H3,(H,29,32)/b24-19-. The first-order valence-corrected chi connectivity index (χ1v) is 12.9. The number of aliphatic hydroxyl groups is 1. The summed E-state index contributed by atoms with van der Waals surface area (Å²) in [6, 6.07) is 1.10. The molecule has 1 saturated carbocycles. The minimum atomic E-state index is -0.612. The number of hydrogen-bond donors (Lipinski definition) is 2. The third kappa shape index (κ3) is 7.31. The molecular formula is C28H45N3O2. The third-order valence-electron chi connectivity index (χ3n) is 7.43. The van der Waals surface area contributed by atoms with Crippen LogP contribution in [-0.4, -0.2) is 58.1 Å². The maximum absolute atomic E-state index is 13.0. The van der Waals surface area contributed by atoms with E-state index in [-0.39, 0.29) is 11.8 Å². The molecule has 0 radical (unpaired) electrons. The van der Waals surface area contributed by atoms with Crippen molar-refractivity contribution in [3.8, 4) is 0 Å². The zero-order valence-electron chi connectivity index (χ0n) is 21.6. The molecule has 3 rings (SSSR count). The Bertz CT molecular complexity index is 805. The normalized spacial score (nSPS) is 27.0. The van der Waals surface area contributed by atoms with Gasteiger partial charge in [-0.25, -0.2) is 0 Å². The van der Waals surface area contributed by atoms with Crippen molar-refractivity contribution >= 4 is 5.91 Å². The number of allylic oxidation sites excluding steroid dienone is 4. The van der Waals surface area contributed by atoms with E-state index in [0.717, 1.165) is 50.4 Å². The van der Waals surface area contributed by atoms with E-state index < -0.39 is 5.60 Å². The number of nitrogens with one attached hydrogen (secondary N) is 1. The quantitative estimate of drug-likeness (QED) is 0.526. The van der Waals surface area contributed by atoms with Crippen molar-refractivity contribution in [3.05, 3.63) is 47.3 Å². The molecule has 3 aliphatic rings. The van der Waals surface area contributed by atoms with E-state index in [1.165, 1.54) is 24.0 Å². The molecule has 3 unspecified atom stereocenters. The fourth-order valence-corrected chi connectivity index (χ4v) is 4.88. The Hall–Kier alpha value is -1.85. The number of amides is 1. The predicted molar refractivity (Wildman–Crippen MR) is 136 cm³/mol. The lowest BCUT2D eigenvalue weighted by Gasteiger charge is -2.30. The van der Waals surface area contributed by atoms with Crippen molar-refractivity contribution in [2.75, 3.05) is 19.6 Å². The number of nitrogens with zero attached hydrogens (tertiary/aromatic N) is 2. The van der Waals surface area contributed by atoms with Crippen LogP contribution in [0.1, 0.15) is 73.6 Å². The molecule has 1 amide bonds. The monoisotopic (exact) mass is 455 g/mol. The van der Waals surface area contributed by atoms with Gasteiger partial charge in [0.2, 0.25) is 0 Å². The van der Waals surface area contributed by atoms with Gasteiger partial charge in [-0.05, 0) is 64.9 Å². The lowest BCUT2D eigenvalue weighted by Crippen LogP contribution is -2.35. The topological polar surface area (TPSA) is 55.8 Å². The number of hydrogen-bond acceptors (Lipinski definition) is 4. The first kappa shape index (κ1) is 25.8. The average molecular weight is 456 g/mol. The Kier molecular flexibility index (Phi) is 8.63. The Morgan fingerprint density at radius 3 is 2.61 bits per heavy atom. The summed E-state index contributed by atoms with van der Waals surface area (Å²) in [5.41, 5.74) is 2.72. The molecule has 0 bridgehead atoms. The molecule has 0 aromatic rings. The van der Waals surface area contributed by atoms with Gasteiger partial charge in [0.15, 0.2) is 0 Å². The molecule has 0 spiro atoms. The second-order valence-electron chi connectivity index (χ2n) is 11.0. The summed E-state index contributed by atoms with van der Waals surface area (Å²) in [7, 11) is 0. The van der Waals surface area contributed by atoms with E-state index in [4.69, 9.17) is 0 Å². The van der Waals surface area contributed by atoms with Crippen molar-refractivity contribution in [1.82, 2.24) is 15.1 Å². The van der Waals surface area contributed by atoms with Gasteiger partial charge in [0.05, 0.1) is 5.60 Å². The number of likely N-dealkylation sites (tertiary alicyclic amines) is 1. The van der Waals surface area contributed by atoms with Crippen molar-refractivity contribution in [2.24, 2.45) is 11.8 Å². The number of carbonyl (C=O) groups is 1. The lowest BCUT2D eigenvalue weighted by atomic mass is 9.88. The van der Waals surface area contributed by atoms with Gasteiger partial charge in [-0.3, -0.25) is 4.79 Å². The fourth-order valence-electron chi connectivity index (χ4n) is 4.88. The van der Waals surface area contributed by atoms with Crippen LogP contribution in [0.2, 0.25) is 0 Å². The zero-order valence-corrected chi connectivity index (χ0v) is 21.6. The summed E-state index contributed by atoms with van der Waals surface area (Å²) >= 11 is 0. The van der Waals surface area contributed by atoms with Crippen molar-refractivity contribution in [2.45, 2.75) is 91.3 Å². The largest absolute Gasteiger partial charge is 0.390 e. The summed E-state index contributed by atoms with van der Waals surface area (Å²) in [5, 5.41) is 13.0. The molecule has 2 N–H and O–H groups in total.